The standard InChI is InChI=1S/C7H5N3O.C6H5BrN2O/c8-2-5-1-6(7(9)11)4-10-3-5;7-5-1-4(6(8)10)2-9-3-5/h1,3-4H,(H2,9,11);1-3H,(H2,8,10). The van der Waals surface area contributed by atoms with E-state index < -0.39 is 11.8 Å². The van der Waals surface area contributed by atoms with Crippen molar-refractivity contribution in [2.75, 3.05) is 0 Å². The van der Waals surface area contributed by atoms with Crippen LogP contribution >= 0.6 is 15.9 Å². The molecule has 8 heteroatoms. The number of halogens is 1. The Balaban J connectivity index is 0.000000211. The molecule has 2 aromatic heterocycles. The Bertz CT molecular complexity index is 712. The number of nitrogens with zero attached hydrogens (tertiary/aromatic N) is 3. The van der Waals surface area contributed by atoms with Crippen LogP contribution in [0.2, 0.25) is 0 Å². The quantitative estimate of drug-likeness (QED) is 0.834. The largest absolute Gasteiger partial charge is 0.366 e. The average Bonchev–Trinajstić information content (AvgIpc) is 2.48. The number of rotatable bonds is 2. The number of amides is 2. The SMILES string of the molecule is N#Cc1cncc(C(N)=O)c1.NC(=O)c1cncc(Br)c1. The molecule has 0 radical (unpaired) electrons. The monoisotopic (exact) mass is 347 g/mol. The Labute approximate surface area is 128 Å². The molecule has 0 atom stereocenters. The second-order valence-electron chi connectivity index (χ2n) is 3.69. The fourth-order valence-corrected chi connectivity index (χ4v) is 1.55. The zero-order valence-electron chi connectivity index (χ0n) is 10.7. The number of nitriles is 1. The highest BCUT2D eigenvalue weighted by molar-refractivity contribution is 9.10. The number of carbonyl (C=O) groups excluding carboxylic acids is 2. The first kappa shape index (κ1) is 16.3. The molecule has 2 heterocycles. The van der Waals surface area contributed by atoms with Crippen molar-refractivity contribution in [3.05, 3.63) is 58.1 Å². The number of aromatic nitrogens is 2. The molecule has 0 bridgehead atoms. The van der Waals surface area contributed by atoms with Crippen LogP contribution in [-0.2, 0) is 0 Å². The van der Waals surface area contributed by atoms with Crippen LogP contribution in [0, 0.1) is 11.3 Å². The summed E-state index contributed by atoms with van der Waals surface area (Å²) in [5.74, 6) is -1.04. The lowest BCUT2D eigenvalue weighted by atomic mass is 10.2. The maximum atomic E-state index is 10.5. The highest BCUT2D eigenvalue weighted by atomic mass is 79.9. The molecule has 0 spiro atoms. The first-order valence-corrected chi connectivity index (χ1v) is 6.28. The molecule has 0 unspecified atom stereocenters. The summed E-state index contributed by atoms with van der Waals surface area (Å²) in [4.78, 5) is 28.5. The minimum Gasteiger partial charge on any atom is -0.366 e. The molecule has 4 N–H and O–H groups in total. The van der Waals surface area contributed by atoms with Crippen LogP contribution in [0.1, 0.15) is 26.3 Å². The van der Waals surface area contributed by atoms with Crippen LogP contribution in [-0.4, -0.2) is 21.8 Å². The van der Waals surface area contributed by atoms with Crippen molar-refractivity contribution in [1.82, 2.24) is 9.97 Å². The van der Waals surface area contributed by atoms with E-state index in [1.54, 1.807) is 12.3 Å². The minimum atomic E-state index is -0.574. The molecule has 7 nitrogen and oxygen atoms in total. The van der Waals surface area contributed by atoms with Gasteiger partial charge >= 0.3 is 0 Å². The third-order valence-corrected chi connectivity index (χ3v) is 2.57. The van der Waals surface area contributed by atoms with Gasteiger partial charge in [0, 0.05) is 29.3 Å². The van der Waals surface area contributed by atoms with Crippen LogP contribution in [0.25, 0.3) is 0 Å². The molecule has 106 valence electrons. The van der Waals surface area contributed by atoms with Gasteiger partial charge in [0.2, 0.25) is 11.8 Å². The maximum Gasteiger partial charge on any atom is 0.250 e. The minimum absolute atomic E-state index is 0.254. The van der Waals surface area contributed by atoms with Gasteiger partial charge in [-0.15, -0.1) is 0 Å². The van der Waals surface area contributed by atoms with Gasteiger partial charge in [-0.3, -0.25) is 19.6 Å². The Morgan fingerprint density at radius 1 is 1.00 bits per heavy atom. The van der Waals surface area contributed by atoms with E-state index in [0.717, 1.165) is 4.47 Å². The van der Waals surface area contributed by atoms with Gasteiger partial charge in [0.1, 0.15) is 6.07 Å². The molecule has 0 saturated heterocycles. The van der Waals surface area contributed by atoms with Crippen molar-refractivity contribution in [2.24, 2.45) is 11.5 Å². The summed E-state index contributed by atoms with van der Waals surface area (Å²) in [6, 6.07) is 4.87. The zero-order valence-corrected chi connectivity index (χ0v) is 12.2. The fourth-order valence-electron chi connectivity index (χ4n) is 1.18. The summed E-state index contributed by atoms with van der Waals surface area (Å²) >= 11 is 3.16. The summed E-state index contributed by atoms with van der Waals surface area (Å²) in [7, 11) is 0. The smallest absolute Gasteiger partial charge is 0.250 e. The molecule has 0 saturated carbocycles. The first-order valence-electron chi connectivity index (χ1n) is 5.49. The lowest BCUT2D eigenvalue weighted by Crippen LogP contribution is -2.11. The van der Waals surface area contributed by atoms with Crippen molar-refractivity contribution < 1.29 is 9.59 Å². The molecule has 2 rings (SSSR count). The van der Waals surface area contributed by atoms with Crippen molar-refractivity contribution in [2.45, 2.75) is 0 Å². The van der Waals surface area contributed by atoms with Crippen molar-refractivity contribution >= 4 is 27.7 Å². The Hall–Kier alpha value is -2.79. The van der Waals surface area contributed by atoms with Gasteiger partial charge in [-0.1, -0.05) is 0 Å². The van der Waals surface area contributed by atoms with Gasteiger partial charge < -0.3 is 11.5 Å². The van der Waals surface area contributed by atoms with Gasteiger partial charge in [0.05, 0.1) is 16.7 Å². The number of carbonyl (C=O) groups is 2. The number of hydrogen-bond acceptors (Lipinski definition) is 5. The van der Waals surface area contributed by atoms with Gasteiger partial charge in [-0.25, -0.2) is 0 Å². The Morgan fingerprint density at radius 2 is 1.52 bits per heavy atom. The molecule has 0 aromatic carbocycles. The Kier molecular flexibility index (Phi) is 5.98. The van der Waals surface area contributed by atoms with Crippen molar-refractivity contribution in [1.29, 1.82) is 5.26 Å². The predicted molar refractivity (Wildman–Crippen MR) is 77.9 cm³/mol. The first-order chi connectivity index (χ1) is 9.93. The summed E-state index contributed by atoms with van der Waals surface area (Å²) < 4.78 is 0.754. The van der Waals surface area contributed by atoms with Crippen molar-refractivity contribution in [3.63, 3.8) is 0 Å². The highest BCUT2D eigenvalue weighted by Gasteiger charge is 2.00. The second kappa shape index (κ2) is 7.72. The summed E-state index contributed by atoms with van der Waals surface area (Å²) in [5, 5.41) is 8.40. The highest BCUT2D eigenvalue weighted by Crippen LogP contribution is 2.08. The van der Waals surface area contributed by atoms with E-state index in [9.17, 15) is 9.59 Å². The lowest BCUT2D eigenvalue weighted by Gasteiger charge is -1.92. The van der Waals surface area contributed by atoms with Crippen LogP contribution in [0.5, 0.6) is 0 Å². The topological polar surface area (TPSA) is 136 Å². The molecule has 2 amide bonds. The molecular weight excluding hydrogens is 338 g/mol. The number of pyridine rings is 2. The van der Waals surface area contributed by atoms with E-state index in [1.807, 2.05) is 6.07 Å². The number of nitrogens with two attached hydrogens (primary N) is 2. The molecule has 0 fully saturated rings. The van der Waals surface area contributed by atoms with Gasteiger partial charge in [-0.2, -0.15) is 5.26 Å². The van der Waals surface area contributed by atoms with E-state index in [-0.39, 0.29) is 5.56 Å². The summed E-state index contributed by atoms with van der Waals surface area (Å²) in [6.45, 7) is 0. The summed E-state index contributed by atoms with van der Waals surface area (Å²) in [5.41, 5.74) is 10.9. The predicted octanol–water partition coefficient (Wildman–Crippen LogP) is 0.995. The molecule has 0 aliphatic rings. The molecule has 0 aliphatic carbocycles. The van der Waals surface area contributed by atoms with Crippen LogP contribution in [0.4, 0.5) is 0 Å². The molecule has 0 aliphatic heterocycles. The van der Waals surface area contributed by atoms with Crippen LogP contribution < -0.4 is 11.5 Å². The van der Waals surface area contributed by atoms with Gasteiger partial charge in [0.15, 0.2) is 0 Å². The molecular formula is C13H10BrN5O2. The normalized spacial score (nSPS) is 8.95. The zero-order chi connectivity index (χ0) is 15.8. The second-order valence-corrected chi connectivity index (χ2v) is 4.61. The molecule has 2 aromatic rings. The maximum absolute atomic E-state index is 10.5. The number of hydrogen-bond donors (Lipinski definition) is 2. The van der Waals surface area contributed by atoms with Crippen molar-refractivity contribution in [3.8, 4) is 6.07 Å². The van der Waals surface area contributed by atoms with E-state index in [0.29, 0.717) is 11.1 Å². The third-order valence-electron chi connectivity index (χ3n) is 2.14. The lowest BCUT2D eigenvalue weighted by molar-refractivity contribution is 0.0991. The van der Waals surface area contributed by atoms with Crippen LogP contribution in [0.3, 0.4) is 0 Å². The number of primary amides is 2. The van der Waals surface area contributed by atoms with E-state index in [4.69, 9.17) is 16.7 Å². The van der Waals surface area contributed by atoms with Gasteiger partial charge in [0.25, 0.3) is 0 Å². The van der Waals surface area contributed by atoms with Gasteiger partial charge in [-0.05, 0) is 28.1 Å². The third kappa shape index (κ3) is 5.38. The van der Waals surface area contributed by atoms with E-state index in [2.05, 4.69) is 25.9 Å². The van der Waals surface area contributed by atoms with Crippen LogP contribution in [0.15, 0.2) is 41.4 Å². The molecule has 21 heavy (non-hydrogen) atoms. The Morgan fingerprint density at radius 3 is 1.95 bits per heavy atom. The fraction of sp³-hybridized carbons (Fsp3) is 0. The average molecular weight is 348 g/mol. The van der Waals surface area contributed by atoms with E-state index in [1.165, 1.54) is 24.7 Å². The summed E-state index contributed by atoms with van der Waals surface area (Å²) in [6.07, 6.45) is 5.70. The van der Waals surface area contributed by atoms with E-state index >= 15 is 0 Å².